The zero-order valence-electron chi connectivity index (χ0n) is 15.4. The van der Waals surface area contributed by atoms with Crippen molar-refractivity contribution < 1.29 is 33.7 Å². The normalized spacial score (nSPS) is 28.3. The van der Waals surface area contributed by atoms with Gasteiger partial charge in [0.05, 0.1) is 32.3 Å². The van der Waals surface area contributed by atoms with Crippen molar-refractivity contribution in [1.82, 2.24) is 0 Å². The second kappa shape index (κ2) is 7.86. The van der Waals surface area contributed by atoms with E-state index >= 15 is 0 Å². The first-order valence-corrected chi connectivity index (χ1v) is 8.40. The first-order valence-electron chi connectivity index (χ1n) is 8.40. The molecule has 142 valence electrons. The number of Topliss-reactive ketones (excluding diaryl/α,β-unsaturated/α-hetero) is 1. The van der Waals surface area contributed by atoms with Gasteiger partial charge in [-0.2, -0.15) is 0 Å². The fourth-order valence-corrected chi connectivity index (χ4v) is 3.62. The summed E-state index contributed by atoms with van der Waals surface area (Å²) in [5.41, 5.74) is -1.09. The van der Waals surface area contributed by atoms with Crippen LogP contribution in [0.25, 0.3) is 0 Å². The number of methoxy groups -OCH3 is 2. The molecule has 1 fully saturated rings. The van der Waals surface area contributed by atoms with E-state index in [1.165, 1.54) is 21.1 Å². The quantitative estimate of drug-likeness (QED) is 0.624. The summed E-state index contributed by atoms with van der Waals surface area (Å²) in [6, 6.07) is 6.73. The second-order valence-electron chi connectivity index (χ2n) is 6.53. The molecule has 0 saturated heterocycles. The Morgan fingerprint density at radius 1 is 1.15 bits per heavy atom. The molecule has 1 aromatic carbocycles. The number of hydrogen-bond donors (Lipinski definition) is 1. The SMILES string of the molecule is CCOc1ccc([C@@H]2[C@H](C(=O)OC)C(=O)C[C@](C)(O)[C@@H]2C(=O)OC)cc1. The summed E-state index contributed by atoms with van der Waals surface area (Å²) < 4.78 is 15.0. The molecule has 0 spiro atoms. The van der Waals surface area contributed by atoms with Gasteiger partial charge in [0.25, 0.3) is 0 Å². The number of aliphatic hydroxyl groups is 1. The molecule has 0 amide bonds. The van der Waals surface area contributed by atoms with Gasteiger partial charge >= 0.3 is 11.9 Å². The van der Waals surface area contributed by atoms with Crippen LogP contribution >= 0.6 is 0 Å². The van der Waals surface area contributed by atoms with Gasteiger partial charge in [0.1, 0.15) is 11.7 Å². The van der Waals surface area contributed by atoms with E-state index in [2.05, 4.69) is 0 Å². The maximum Gasteiger partial charge on any atom is 0.316 e. The minimum atomic E-state index is -1.64. The third-order valence-electron chi connectivity index (χ3n) is 4.75. The minimum absolute atomic E-state index is 0.333. The van der Waals surface area contributed by atoms with E-state index in [4.69, 9.17) is 14.2 Å². The lowest BCUT2D eigenvalue weighted by molar-refractivity contribution is -0.170. The molecule has 0 radical (unpaired) electrons. The maximum atomic E-state index is 12.6. The zero-order chi connectivity index (χ0) is 19.5. The van der Waals surface area contributed by atoms with Crippen LogP contribution in [0, 0.1) is 11.8 Å². The molecule has 0 aromatic heterocycles. The maximum absolute atomic E-state index is 12.6. The number of carbonyl (C=O) groups excluding carboxylic acids is 3. The predicted molar refractivity (Wildman–Crippen MR) is 91.6 cm³/mol. The smallest absolute Gasteiger partial charge is 0.316 e. The molecular weight excluding hydrogens is 340 g/mol. The van der Waals surface area contributed by atoms with E-state index in [9.17, 15) is 19.5 Å². The molecule has 26 heavy (non-hydrogen) atoms. The van der Waals surface area contributed by atoms with Crippen LogP contribution in [0.2, 0.25) is 0 Å². The number of esters is 2. The monoisotopic (exact) mass is 364 g/mol. The number of carbonyl (C=O) groups is 3. The summed E-state index contributed by atoms with van der Waals surface area (Å²) in [5, 5.41) is 10.8. The Morgan fingerprint density at radius 3 is 2.23 bits per heavy atom. The summed E-state index contributed by atoms with van der Waals surface area (Å²) >= 11 is 0. The van der Waals surface area contributed by atoms with Crippen LogP contribution < -0.4 is 4.74 Å². The lowest BCUT2D eigenvalue weighted by atomic mass is 9.62. The Morgan fingerprint density at radius 2 is 1.73 bits per heavy atom. The van der Waals surface area contributed by atoms with Crippen molar-refractivity contribution >= 4 is 17.7 Å². The fraction of sp³-hybridized carbons (Fsp3) is 0.526. The van der Waals surface area contributed by atoms with E-state index in [1.54, 1.807) is 24.3 Å². The summed E-state index contributed by atoms with van der Waals surface area (Å²) in [5.74, 6) is -4.46. The third kappa shape index (κ3) is 3.72. The summed E-state index contributed by atoms with van der Waals surface area (Å²) in [6.07, 6.45) is -0.333. The van der Waals surface area contributed by atoms with Crippen LogP contribution in [0.15, 0.2) is 24.3 Å². The largest absolute Gasteiger partial charge is 0.494 e. The van der Waals surface area contributed by atoms with Crippen LogP contribution in [0.1, 0.15) is 31.7 Å². The highest BCUT2D eigenvalue weighted by molar-refractivity contribution is 6.02. The Kier molecular flexibility index (Phi) is 6.02. The Balaban J connectivity index is 2.57. The van der Waals surface area contributed by atoms with Crippen molar-refractivity contribution in [2.24, 2.45) is 11.8 Å². The number of benzene rings is 1. The van der Waals surface area contributed by atoms with Gasteiger partial charge in [-0.3, -0.25) is 14.4 Å². The van der Waals surface area contributed by atoms with E-state index in [0.29, 0.717) is 17.9 Å². The van der Waals surface area contributed by atoms with Crippen LogP contribution in [0.5, 0.6) is 5.75 Å². The highest BCUT2D eigenvalue weighted by Gasteiger charge is 2.56. The van der Waals surface area contributed by atoms with Crippen LogP contribution in [-0.4, -0.2) is 49.3 Å². The highest BCUT2D eigenvalue weighted by atomic mass is 16.5. The van der Waals surface area contributed by atoms with Crippen LogP contribution in [0.4, 0.5) is 0 Å². The van der Waals surface area contributed by atoms with Gasteiger partial charge in [0.2, 0.25) is 0 Å². The van der Waals surface area contributed by atoms with Crippen molar-refractivity contribution in [2.45, 2.75) is 31.8 Å². The molecule has 0 unspecified atom stereocenters. The number of ketones is 1. The fourth-order valence-electron chi connectivity index (χ4n) is 3.62. The Bertz CT molecular complexity index is 678. The molecule has 1 aromatic rings. The molecule has 1 aliphatic carbocycles. The average Bonchev–Trinajstić information content (AvgIpc) is 2.60. The minimum Gasteiger partial charge on any atom is -0.494 e. The van der Waals surface area contributed by atoms with Crippen molar-refractivity contribution in [3.8, 4) is 5.75 Å². The van der Waals surface area contributed by atoms with E-state index in [0.717, 1.165) is 0 Å². The molecule has 0 bridgehead atoms. The number of rotatable bonds is 5. The molecule has 2 rings (SSSR count). The number of ether oxygens (including phenoxy) is 3. The van der Waals surface area contributed by atoms with Crippen molar-refractivity contribution in [2.75, 3.05) is 20.8 Å². The van der Waals surface area contributed by atoms with Gasteiger partial charge in [0.15, 0.2) is 5.78 Å². The lowest BCUT2D eigenvalue weighted by Gasteiger charge is -2.43. The molecule has 4 atom stereocenters. The molecule has 0 heterocycles. The van der Waals surface area contributed by atoms with Gasteiger partial charge in [0, 0.05) is 12.3 Å². The first-order chi connectivity index (χ1) is 12.3. The first kappa shape index (κ1) is 19.9. The third-order valence-corrected chi connectivity index (χ3v) is 4.75. The van der Waals surface area contributed by atoms with E-state index < -0.39 is 41.1 Å². The summed E-state index contributed by atoms with van der Waals surface area (Å²) in [6.45, 7) is 3.75. The topological polar surface area (TPSA) is 99.1 Å². The number of hydrogen-bond acceptors (Lipinski definition) is 7. The Hall–Kier alpha value is -2.41. The van der Waals surface area contributed by atoms with E-state index in [-0.39, 0.29) is 6.42 Å². The molecule has 1 aliphatic rings. The van der Waals surface area contributed by atoms with Crippen molar-refractivity contribution in [1.29, 1.82) is 0 Å². The van der Waals surface area contributed by atoms with Gasteiger partial charge in [-0.05, 0) is 31.5 Å². The molecule has 1 N–H and O–H groups in total. The standard InChI is InChI=1S/C19H24O7/c1-5-26-12-8-6-11(7-9-12)14-15(17(21)24-3)13(20)10-19(2,23)16(14)18(22)25-4/h6-9,14-16,23H,5,10H2,1-4H3/t14-,15-,16+,19+/m1/s1. The highest BCUT2D eigenvalue weighted by Crippen LogP contribution is 2.46. The molecule has 0 aliphatic heterocycles. The van der Waals surface area contributed by atoms with Gasteiger partial charge in [-0.1, -0.05) is 12.1 Å². The lowest BCUT2D eigenvalue weighted by Crippen LogP contribution is -2.55. The molecule has 7 heteroatoms. The van der Waals surface area contributed by atoms with E-state index in [1.807, 2.05) is 6.92 Å². The predicted octanol–water partition coefficient (Wildman–Crippen LogP) is 1.47. The zero-order valence-corrected chi connectivity index (χ0v) is 15.4. The summed E-state index contributed by atoms with van der Waals surface area (Å²) in [4.78, 5) is 37.3. The average molecular weight is 364 g/mol. The molecule has 1 saturated carbocycles. The van der Waals surface area contributed by atoms with Crippen LogP contribution in [0.3, 0.4) is 0 Å². The van der Waals surface area contributed by atoms with Crippen molar-refractivity contribution in [3.63, 3.8) is 0 Å². The molecule has 7 nitrogen and oxygen atoms in total. The Labute approximate surface area is 152 Å². The van der Waals surface area contributed by atoms with Gasteiger partial charge in [-0.25, -0.2) is 0 Å². The molecular formula is C19H24O7. The van der Waals surface area contributed by atoms with Gasteiger partial charge in [-0.15, -0.1) is 0 Å². The van der Waals surface area contributed by atoms with Gasteiger partial charge < -0.3 is 19.3 Å². The van der Waals surface area contributed by atoms with Crippen molar-refractivity contribution in [3.05, 3.63) is 29.8 Å². The van der Waals surface area contributed by atoms with Crippen LogP contribution in [-0.2, 0) is 23.9 Å². The second-order valence-corrected chi connectivity index (χ2v) is 6.53. The summed E-state index contributed by atoms with van der Waals surface area (Å²) in [7, 11) is 2.39.